The van der Waals surface area contributed by atoms with E-state index < -0.39 is 35.4 Å². The van der Waals surface area contributed by atoms with Gasteiger partial charge < -0.3 is 14.2 Å². The van der Waals surface area contributed by atoms with Crippen LogP contribution >= 0.6 is 0 Å². The first-order valence-electron chi connectivity index (χ1n) is 9.59. The third kappa shape index (κ3) is 9.02. The zero-order valence-corrected chi connectivity index (χ0v) is 19.0. The Kier molecular flexibility index (Phi) is 8.50. The van der Waals surface area contributed by atoms with Crippen LogP contribution in [0.2, 0.25) is 0 Å². The predicted octanol–water partition coefficient (Wildman–Crippen LogP) is 3.49. The summed E-state index contributed by atoms with van der Waals surface area (Å²) in [7, 11) is 2.75. The maximum Gasteiger partial charge on any atom is 0.426 e. The highest BCUT2D eigenvalue weighted by atomic mass is 16.6. The molecule has 0 aliphatic rings. The molecular formula is C21H33N3O6. The molecule has 0 bridgehead atoms. The molecule has 0 radical (unpaired) electrons. The summed E-state index contributed by atoms with van der Waals surface area (Å²) in [5, 5.41) is 0. The van der Waals surface area contributed by atoms with Crippen molar-refractivity contribution < 1.29 is 28.6 Å². The quantitative estimate of drug-likeness (QED) is 0.410. The van der Waals surface area contributed by atoms with Gasteiger partial charge in [0.05, 0.1) is 12.8 Å². The third-order valence-electron chi connectivity index (χ3n) is 3.69. The molecule has 0 saturated carbocycles. The standard InChI is InChI=1S/C21H33N3O6/c1-20(2,3)29-18(26)23-22-15-11-9-10-14(12-15)13-16(17(25)28-8)24(7)19(27)30-21(4,5)6/h9-12,16,22H,13H2,1-8H3,(H,23,26)/t16-/m1/s1. The average molecular weight is 424 g/mol. The second kappa shape index (κ2) is 10.2. The molecule has 168 valence electrons. The van der Waals surface area contributed by atoms with E-state index in [4.69, 9.17) is 14.2 Å². The van der Waals surface area contributed by atoms with Crippen molar-refractivity contribution in [1.29, 1.82) is 0 Å². The first-order chi connectivity index (χ1) is 13.7. The molecule has 2 amide bonds. The number of nitrogens with one attached hydrogen (secondary N) is 2. The van der Waals surface area contributed by atoms with Crippen LogP contribution in [0.15, 0.2) is 24.3 Å². The summed E-state index contributed by atoms with van der Waals surface area (Å²) in [6.07, 6.45) is -1.05. The van der Waals surface area contributed by atoms with Crippen molar-refractivity contribution in [2.45, 2.75) is 65.2 Å². The van der Waals surface area contributed by atoms with Crippen molar-refractivity contribution in [3.8, 4) is 0 Å². The number of esters is 1. The van der Waals surface area contributed by atoms with Gasteiger partial charge in [-0.25, -0.2) is 19.8 Å². The van der Waals surface area contributed by atoms with Gasteiger partial charge in [0, 0.05) is 13.5 Å². The molecule has 0 fully saturated rings. The van der Waals surface area contributed by atoms with Gasteiger partial charge in [-0.3, -0.25) is 10.3 Å². The van der Waals surface area contributed by atoms with Gasteiger partial charge in [-0.15, -0.1) is 0 Å². The molecule has 0 heterocycles. The molecule has 0 aliphatic heterocycles. The second-order valence-electron chi connectivity index (χ2n) is 8.79. The van der Waals surface area contributed by atoms with E-state index in [2.05, 4.69) is 10.9 Å². The number of hydrogen-bond acceptors (Lipinski definition) is 7. The summed E-state index contributed by atoms with van der Waals surface area (Å²) in [6, 6.07) is 6.18. The van der Waals surface area contributed by atoms with Gasteiger partial charge in [0.15, 0.2) is 0 Å². The van der Waals surface area contributed by atoms with Crippen molar-refractivity contribution in [3.05, 3.63) is 29.8 Å². The summed E-state index contributed by atoms with van der Waals surface area (Å²) >= 11 is 0. The minimum atomic E-state index is -0.876. The molecule has 0 unspecified atom stereocenters. The van der Waals surface area contributed by atoms with Crippen LogP contribution in [0.5, 0.6) is 0 Å². The zero-order chi connectivity index (χ0) is 23.1. The molecule has 30 heavy (non-hydrogen) atoms. The van der Waals surface area contributed by atoms with Crippen molar-refractivity contribution in [1.82, 2.24) is 10.3 Å². The molecular weight excluding hydrogens is 390 g/mol. The highest BCUT2D eigenvalue weighted by molar-refractivity contribution is 5.81. The average Bonchev–Trinajstić information content (AvgIpc) is 2.61. The first-order valence-corrected chi connectivity index (χ1v) is 9.59. The minimum absolute atomic E-state index is 0.199. The van der Waals surface area contributed by atoms with Gasteiger partial charge in [-0.05, 0) is 59.2 Å². The molecule has 1 aromatic carbocycles. The normalized spacial score (nSPS) is 12.4. The summed E-state index contributed by atoms with van der Waals surface area (Å²) in [5.41, 5.74) is 5.23. The van der Waals surface area contributed by atoms with E-state index in [0.717, 1.165) is 5.56 Å². The summed E-state index contributed by atoms with van der Waals surface area (Å²) in [4.78, 5) is 37.7. The lowest BCUT2D eigenvalue weighted by atomic mass is 10.0. The Balaban J connectivity index is 2.88. The van der Waals surface area contributed by atoms with E-state index in [-0.39, 0.29) is 6.42 Å². The van der Waals surface area contributed by atoms with Crippen molar-refractivity contribution >= 4 is 23.8 Å². The molecule has 0 spiro atoms. The number of methoxy groups -OCH3 is 1. The van der Waals surface area contributed by atoms with Crippen LogP contribution in [-0.4, -0.2) is 54.5 Å². The summed E-state index contributed by atoms with van der Waals surface area (Å²) in [6.45, 7) is 10.5. The number of nitrogens with zero attached hydrogens (tertiary/aromatic N) is 1. The van der Waals surface area contributed by atoms with E-state index in [1.54, 1.807) is 65.8 Å². The maximum atomic E-state index is 12.4. The number of anilines is 1. The van der Waals surface area contributed by atoms with Gasteiger partial charge in [0.1, 0.15) is 17.2 Å². The lowest BCUT2D eigenvalue weighted by Gasteiger charge is -2.29. The monoisotopic (exact) mass is 423 g/mol. The van der Waals surface area contributed by atoms with Crippen LogP contribution < -0.4 is 10.9 Å². The van der Waals surface area contributed by atoms with E-state index in [1.165, 1.54) is 19.1 Å². The maximum absolute atomic E-state index is 12.4. The topological polar surface area (TPSA) is 106 Å². The number of likely N-dealkylation sites (N-methyl/N-ethyl adjacent to an activating group) is 1. The molecule has 1 rings (SSSR count). The van der Waals surface area contributed by atoms with E-state index in [1.807, 2.05) is 0 Å². The second-order valence-corrected chi connectivity index (χ2v) is 8.79. The van der Waals surface area contributed by atoms with Gasteiger partial charge in [-0.1, -0.05) is 12.1 Å². The lowest BCUT2D eigenvalue weighted by Crippen LogP contribution is -2.46. The fourth-order valence-corrected chi connectivity index (χ4v) is 2.40. The van der Waals surface area contributed by atoms with Crippen LogP contribution in [0, 0.1) is 0 Å². The molecule has 0 aromatic heterocycles. The summed E-state index contributed by atoms with van der Waals surface area (Å²) < 4.78 is 15.4. The van der Waals surface area contributed by atoms with Crippen LogP contribution in [0.4, 0.5) is 15.3 Å². The van der Waals surface area contributed by atoms with Crippen LogP contribution in [0.3, 0.4) is 0 Å². The highest BCUT2D eigenvalue weighted by Crippen LogP contribution is 2.17. The molecule has 9 heteroatoms. The molecule has 9 nitrogen and oxygen atoms in total. The minimum Gasteiger partial charge on any atom is -0.467 e. The Morgan fingerprint density at radius 3 is 2.17 bits per heavy atom. The SMILES string of the molecule is COC(=O)[C@@H](Cc1cccc(NNC(=O)OC(C)(C)C)c1)N(C)C(=O)OC(C)(C)C. The number of hydrogen-bond donors (Lipinski definition) is 2. The summed E-state index contributed by atoms with van der Waals surface area (Å²) in [5.74, 6) is -0.561. The van der Waals surface area contributed by atoms with E-state index in [9.17, 15) is 14.4 Å². The first kappa shape index (κ1) is 25.1. The lowest BCUT2D eigenvalue weighted by molar-refractivity contribution is -0.146. The van der Waals surface area contributed by atoms with Crippen molar-refractivity contribution in [3.63, 3.8) is 0 Å². The number of rotatable bonds is 6. The van der Waals surface area contributed by atoms with Gasteiger partial charge in [-0.2, -0.15) is 0 Å². The number of amides is 2. The number of ether oxygens (including phenoxy) is 3. The van der Waals surface area contributed by atoms with Crippen LogP contribution in [0.25, 0.3) is 0 Å². The molecule has 0 aliphatic carbocycles. The van der Waals surface area contributed by atoms with E-state index >= 15 is 0 Å². The Morgan fingerprint density at radius 1 is 1.03 bits per heavy atom. The zero-order valence-electron chi connectivity index (χ0n) is 19.0. The fraction of sp³-hybridized carbons (Fsp3) is 0.571. The van der Waals surface area contributed by atoms with Crippen molar-refractivity contribution in [2.75, 3.05) is 19.6 Å². The molecule has 0 saturated heterocycles. The van der Waals surface area contributed by atoms with E-state index in [0.29, 0.717) is 5.69 Å². The Labute approximate surface area is 178 Å². The largest absolute Gasteiger partial charge is 0.467 e. The van der Waals surface area contributed by atoms with Gasteiger partial charge >= 0.3 is 18.2 Å². The number of benzene rings is 1. The number of carbonyl (C=O) groups excluding carboxylic acids is 3. The predicted molar refractivity (Wildman–Crippen MR) is 113 cm³/mol. The number of hydrazine groups is 1. The van der Waals surface area contributed by atoms with Crippen molar-refractivity contribution in [2.24, 2.45) is 0 Å². The Hall–Kier alpha value is -2.97. The Bertz CT molecular complexity index is 752. The van der Waals surface area contributed by atoms with Crippen LogP contribution in [0.1, 0.15) is 47.1 Å². The van der Waals surface area contributed by atoms with Gasteiger partial charge in [0.2, 0.25) is 0 Å². The highest BCUT2D eigenvalue weighted by Gasteiger charge is 2.31. The molecule has 2 N–H and O–H groups in total. The smallest absolute Gasteiger partial charge is 0.426 e. The fourth-order valence-electron chi connectivity index (χ4n) is 2.40. The van der Waals surface area contributed by atoms with Gasteiger partial charge in [0.25, 0.3) is 0 Å². The Morgan fingerprint density at radius 2 is 1.63 bits per heavy atom. The number of carbonyl (C=O) groups is 3. The molecule has 1 atom stereocenters. The third-order valence-corrected chi connectivity index (χ3v) is 3.69. The van der Waals surface area contributed by atoms with Crippen LogP contribution in [-0.2, 0) is 25.4 Å². The molecule has 1 aromatic rings.